The SMILES string of the molecule is CC/C=C\C/C=C\C/C=C\CCCCCCCC(=O)OCC(COC(=O)CCCCCCCCCCCCCCCCCCCCCCCCCCC)OC(=O)CCCCCCCCCC/C=C\C/C=C\C/C=C\CCCCCCC. The van der Waals surface area contributed by atoms with Crippen LogP contribution in [0.5, 0.6) is 0 Å². The van der Waals surface area contributed by atoms with Crippen LogP contribution in [0.15, 0.2) is 72.9 Å². The number of rotatable bonds is 65. The monoisotopic (exact) mass is 1130 g/mol. The van der Waals surface area contributed by atoms with Crippen molar-refractivity contribution < 1.29 is 28.6 Å². The molecule has 0 N–H and O–H groups in total. The van der Waals surface area contributed by atoms with Gasteiger partial charge in [0, 0.05) is 19.3 Å². The third-order valence-corrected chi connectivity index (χ3v) is 15.7. The second-order valence-electron chi connectivity index (χ2n) is 23.8. The van der Waals surface area contributed by atoms with Gasteiger partial charge in [0.1, 0.15) is 13.2 Å². The molecular weight excluding hydrogens is 997 g/mol. The van der Waals surface area contributed by atoms with Crippen molar-refractivity contribution in [2.45, 2.75) is 374 Å². The van der Waals surface area contributed by atoms with Gasteiger partial charge in [0.15, 0.2) is 6.10 Å². The molecule has 470 valence electrons. The first-order chi connectivity index (χ1) is 40.0. The van der Waals surface area contributed by atoms with Crippen LogP contribution in [0.2, 0.25) is 0 Å². The lowest BCUT2D eigenvalue weighted by atomic mass is 10.0. The molecule has 0 aliphatic rings. The minimum atomic E-state index is -0.788. The van der Waals surface area contributed by atoms with E-state index in [2.05, 4.69) is 93.7 Å². The summed E-state index contributed by atoms with van der Waals surface area (Å²) < 4.78 is 17.0. The summed E-state index contributed by atoms with van der Waals surface area (Å²) in [6.45, 7) is 6.56. The van der Waals surface area contributed by atoms with Crippen molar-refractivity contribution in [1.29, 1.82) is 0 Å². The Kier molecular flexibility index (Phi) is 66.6. The van der Waals surface area contributed by atoms with E-state index < -0.39 is 6.10 Å². The van der Waals surface area contributed by atoms with E-state index in [0.29, 0.717) is 19.3 Å². The number of ether oxygens (including phenoxy) is 3. The molecular formula is C75H134O6. The third kappa shape index (κ3) is 67.5. The van der Waals surface area contributed by atoms with E-state index in [-0.39, 0.29) is 31.1 Å². The van der Waals surface area contributed by atoms with Crippen LogP contribution in [0.3, 0.4) is 0 Å². The maximum Gasteiger partial charge on any atom is 0.306 e. The topological polar surface area (TPSA) is 78.9 Å². The van der Waals surface area contributed by atoms with Crippen LogP contribution in [-0.4, -0.2) is 37.2 Å². The van der Waals surface area contributed by atoms with Crippen LogP contribution in [0.1, 0.15) is 367 Å². The highest BCUT2D eigenvalue weighted by Crippen LogP contribution is 2.18. The van der Waals surface area contributed by atoms with Gasteiger partial charge in [0.25, 0.3) is 0 Å². The molecule has 0 radical (unpaired) electrons. The lowest BCUT2D eigenvalue weighted by Gasteiger charge is -2.18. The van der Waals surface area contributed by atoms with E-state index in [0.717, 1.165) is 116 Å². The summed E-state index contributed by atoms with van der Waals surface area (Å²) in [6.07, 6.45) is 90.7. The van der Waals surface area contributed by atoms with Gasteiger partial charge < -0.3 is 14.2 Å². The maximum atomic E-state index is 13.0. The molecule has 1 atom stereocenters. The standard InChI is InChI=1S/C75H134O6/c1-4-7-10-13-16-19-22-25-28-30-32-34-36-37-39-40-42-44-47-50-53-56-59-62-65-68-74(77)80-71-72(70-79-73(76)67-64-61-58-55-52-49-46-27-24-21-18-15-12-9-6-3)81-75(78)69-66-63-60-57-54-51-48-45-43-41-38-35-33-31-29-26-23-20-17-14-11-8-5-2/h9,12,18,21,23,26-27,31,33,38,41,46,72H,4-8,10-11,13-17,19-20,22,24-25,28-30,32,34-37,39-40,42-45,47-71H2,1-3H3/b12-9-,21-18-,26-23-,33-31-,41-38-,46-27-. The molecule has 0 aliphatic carbocycles. The normalized spacial score (nSPS) is 12.5. The molecule has 81 heavy (non-hydrogen) atoms. The predicted octanol–water partition coefficient (Wildman–Crippen LogP) is 24.4. The van der Waals surface area contributed by atoms with Gasteiger partial charge in [-0.2, -0.15) is 0 Å². The first-order valence-corrected chi connectivity index (χ1v) is 35.4. The maximum absolute atomic E-state index is 13.0. The Hall–Kier alpha value is -3.15. The number of unbranched alkanes of at least 4 members (excludes halogenated alkanes) is 42. The molecule has 0 fully saturated rings. The zero-order valence-corrected chi connectivity index (χ0v) is 54.1. The molecule has 0 aromatic heterocycles. The van der Waals surface area contributed by atoms with Gasteiger partial charge in [0.2, 0.25) is 0 Å². The molecule has 0 bridgehead atoms. The molecule has 0 aromatic rings. The molecule has 0 spiro atoms. The zero-order chi connectivity index (χ0) is 58.5. The Morgan fingerprint density at radius 1 is 0.259 bits per heavy atom. The molecule has 6 nitrogen and oxygen atoms in total. The Bertz CT molecular complexity index is 1490. The van der Waals surface area contributed by atoms with Crippen molar-refractivity contribution in [3.63, 3.8) is 0 Å². The van der Waals surface area contributed by atoms with Crippen LogP contribution >= 0.6 is 0 Å². The Morgan fingerprint density at radius 2 is 0.481 bits per heavy atom. The van der Waals surface area contributed by atoms with Crippen LogP contribution in [0, 0.1) is 0 Å². The van der Waals surface area contributed by atoms with Crippen LogP contribution in [0.4, 0.5) is 0 Å². The van der Waals surface area contributed by atoms with Crippen molar-refractivity contribution >= 4 is 17.9 Å². The van der Waals surface area contributed by atoms with Crippen LogP contribution in [0.25, 0.3) is 0 Å². The van der Waals surface area contributed by atoms with E-state index in [4.69, 9.17) is 14.2 Å². The van der Waals surface area contributed by atoms with Crippen LogP contribution in [-0.2, 0) is 28.6 Å². The van der Waals surface area contributed by atoms with Gasteiger partial charge in [-0.1, -0.05) is 331 Å². The molecule has 0 rings (SSSR count). The zero-order valence-electron chi connectivity index (χ0n) is 54.1. The van der Waals surface area contributed by atoms with Crippen LogP contribution < -0.4 is 0 Å². The number of allylic oxidation sites excluding steroid dienone is 12. The molecule has 0 saturated heterocycles. The molecule has 1 unspecified atom stereocenters. The average Bonchev–Trinajstić information content (AvgIpc) is 3.47. The highest BCUT2D eigenvalue weighted by atomic mass is 16.6. The largest absolute Gasteiger partial charge is 0.462 e. The minimum absolute atomic E-state index is 0.0810. The van der Waals surface area contributed by atoms with Gasteiger partial charge in [-0.25, -0.2) is 0 Å². The smallest absolute Gasteiger partial charge is 0.306 e. The number of hydrogen-bond acceptors (Lipinski definition) is 6. The molecule has 0 saturated carbocycles. The highest BCUT2D eigenvalue weighted by Gasteiger charge is 2.19. The summed E-state index contributed by atoms with van der Waals surface area (Å²) in [7, 11) is 0. The van der Waals surface area contributed by atoms with E-state index >= 15 is 0 Å². The van der Waals surface area contributed by atoms with Crippen molar-refractivity contribution in [3.8, 4) is 0 Å². The van der Waals surface area contributed by atoms with E-state index in [9.17, 15) is 14.4 Å². The van der Waals surface area contributed by atoms with E-state index in [1.54, 1.807) is 0 Å². The third-order valence-electron chi connectivity index (χ3n) is 15.7. The quantitative estimate of drug-likeness (QED) is 0.0261. The van der Waals surface area contributed by atoms with Gasteiger partial charge >= 0.3 is 17.9 Å². The Balaban J connectivity index is 4.31. The average molecular weight is 1130 g/mol. The second-order valence-corrected chi connectivity index (χ2v) is 23.8. The summed E-state index contributed by atoms with van der Waals surface area (Å²) in [4.78, 5) is 38.5. The van der Waals surface area contributed by atoms with E-state index in [1.165, 1.54) is 212 Å². The first-order valence-electron chi connectivity index (χ1n) is 35.4. The van der Waals surface area contributed by atoms with Crippen molar-refractivity contribution in [2.75, 3.05) is 13.2 Å². The van der Waals surface area contributed by atoms with Gasteiger partial charge in [-0.15, -0.1) is 0 Å². The Morgan fingerprint density at radius 3 is 0.753 bits per heavy atom. The fraction of sp³-hybridized carbons (Fsp3) is 0.800. The molecule has 0 heterocycles. The molecule has 0 aliphatic heterocycles. The number of carbonyl (C=O) groups is 3. The second kappa shape index (κ2) is 69.3. The van der Waals surface area contributed by atoms with Crippen molar-refractivity contribution in [3.05, 3.63) is 72.9 Å². The van der Waals surface area contributed by atoms with E-state index in [1.807, 2.05) is 0 Å². The summed E-state index contributed by atoms with van der Waals surface area (Å²) in [5, 5.41) is 0. The van der Waals surface area contributed by atoms with Gasteiger partial charge in [-0.05, 0) is 89.9 Å². The minimum Gasteiger partial charge on any atom is -0.462 e. The van der Waals surface area contributed by atoms with Crippen molar-refractivity contribution in [2.24, 2.45) is 0 Å². The lowest BCUT2D eigenvalue weighted by molar-refractivity contribution is -0.167. The molecule has 0 aromatic carbocycles. The molecule has 0 amide bonds. The molecule has 6 heteroatoms. The Labute approximate surface area is 503 Å². The summed E-state index contributed by atoms with van der Waals surface area (Å²) in [5.41, 5.74) is 0. The van der Waals surface area contributed by atoms with Crippen molar-refractivity contribution in [1.82, 2.24) is 0 Å². The predicted molar refractivity (Wildman–Crippen MR) is 353 cm³/mol. The summed E-state index contributed by atoms with van der Waals surface area (Å²) in [6, 6.07) is 0. The highest BCUT2D eigenvalue weighted by molar-refractivity contribution is 5.71. The fourth-order valence-corrected chi connectivity index (χ4v) is 10.4. The van der Waals surface area contributed by atoms with Gasteiger partial charge in [0.05, 0.1) is 0 Å². The van der Waals surface area contributed by atoms with Gasteiger partial charge in [-0.3, -0.25) is 14.4 Å². The number of esters is 3. The number of carbonyl (C=O) groups excluding carboxylic acids is 3. The number of hydrogen-bond donors (Lipinski definition) is 0. The summed E-state index contributed by atoms with van der Waals surface area (Å²) in [5.74, 6) is -0.885. The first kappa shape index (κ1) is 77.9. The lowest BCUT2D eigenvalue weighted by Crippen LogP contribution is -2.30. The summed E-state index contributed by atoms with van der Waals surface area (Å²) >= 11 is 0. The fourth-order valence-electron chi connectivity index (χ4n) is 10.4.